The Bertz CT molecular complexity index is 685. The number of amides is 1. The number of nitrogens with one attached hydrogen (secondary N) is 1. The second-order valence-corrected chi connectivity index (χ2v) is 6.75. The van der Waals surface area contributed by atoms with E-state index in [2.05, 4.69) is 5.32 Å². The fraction of sp³-hybridized carbons (Fsp3) is 0.263. The SMILES string of the molecule is O=C(SN(C(=O)C[C@@H]1CCNC1)c1ccccc1)c1ccccc1. The maximum Gasteiger partial charge on any atom is 0.240 e. The molecule has 0 saturated carbocycles. The van der Waals surface area contributed by atoms with Gasteiger partial charge in [0.25, 0.3) is 0 Å². The van der Waals surface area contributed by atoms with Crippen molar-refractivity contribution in [3.05, 3.63) is 66.2 Å². The van der Waals surface area contributed by atoms with Crippen LogP contribution < -0.4 is 9.62 Å². The van der Waals surface area contributed by atoms with Gasteiger partial charge in [0.05, 0.1) is 5.69 Å². The molecule has 1 N–H and O–H groups in total. The molecule has 3 rings (SSSR count). The van der Waals surface area contributed by atoms with Crippen molar-refractivity contribution in [2.45, 2.75) is 12.8 Å². The number of nitrogens with zero attached hydrogens (tertiary/aromatic N) is 1. The summed E-state index contributed by atoms with van der Waals surface area (Å²) in [7, 11) is 0. The van der Waals surface area contributed by atoms with Gasteiger partial charge in [0, 0.05) is 23.9 Å². The molecule has 2 aromatic carbocycles. The van der Waals surface area contributed by atoms with Crippen LogP contribution in [-0.4, -0.2) is 24.1 Å². The molecule has 1 saturated heterocycles. The van der Waals surface area contributed by atoms with Crippen molar-refractivity contribution in [3.8, 4) is 0 Å². The highest BCUT2D eigenvalue weighted by Crippen LogP contribution is 2.28. The van der Waals surface area contributed by atoms with Crippen molar-refractivity contribution in [3.63, 3.8) is 0 Å². The van der Waals surface area contributed by atoms with Gasteiger partial charge in [-0.3, -0.25) is 9.59 Å². The highest BCUT2D eigenvalue weighted by molar-refractivity contribution is 8.15. The number of hydrogen-bond donors (Lipinski definition) is 1. The Morgan fingerprint density at radius 2 is 1.71 bits per heavy atom. The average Bonchev–Trinajstić information content (AvgIpc) is 3.14. The first-order chi connectivity index (χ1) is 11.7. The third-order valence-corrected chi connectivity index (χ3v) is 5.03. The van der Waals surface area contributed by atoms with E-state index in [1.54, 1.807) is 12.1 Å². The number of carbonyl (C=O) groups excluding carboxylic acids is 2. The summed E-state index contributed by atoms with van der Waals surface area (Å²) in [4.78, 5) is 25.3. The second-order valence-electron chi connectivity index (χ2n) is 5.83. The molecule has 0 aromatic heterocycles. The second kappa shape index (κ2) is 8.13. The largest absolute Gasteiger partial charge is 0.316 e. The fourth-order valence-corrected chi connectivity index (χ4v) is 3.55. The smallest absolute Gasteiger partial charge is 0.240 e. The van der Waals surface area contributed by atoms with Crippen LogP contribution in [0.3, 0.4) is 0 Å². The number of anilines is 1. The normalized spacial score (nSPS) is 16.8. The van der Waals surface area contributed by atoms with E-state index >= 15 is 0 Å². The monoisotopic (exact) mass is 340 g/mol. The lowest BCUT2D eigenvalue weighted by molar-refractivity contribution is -0.118. The van der Waals surface area contributed by atoms with Crippen molar-refractivity contribution in [1.29, 1.82) is 0 Å². The van der Waals surface area contributed by atoms with Crippen LogP contribution in [0.25, 0.3) is 0 Å². The van der Waals surface area contributed by atoms with E-state index in [9.17, 15) is 9.59 Å². The summed E-state index contributed by atoms with van der Waals surface area (Å²) in [5.74, 6) is 0.320. The zero-order valence-electron chi connectivity index (χ0n) is 13.4. The van der Waals surface area contributed by atoms with Crippen LogP contribution in [0.2, 0.25) is 0 Å². The number of hydrogen-bond acceptors (Lipinski definition) is 4. The van der Waals surface area contributed by atoms with Crippen LogP contribution >= 0.6 is 11.9 Å². The van der Waals surface area contributed by atoms with E-state index in [0.29, 0.717) is 17.9 Å². The van der Waals surface area contributed by atoms with Crippen molar-refractivity contribution < 1.29 is 9.59 Å². The summed E-state index contributed by atoms with van der Waals surface area (Å²) < 4.78 is 1.54. The van der Waals surface area contributed by atoms with Gasteiger partial charge in [0.15, 0.2) is 0 Å². The third kappa shape index (κ3) is 4.24. The Labute approximate surface area is 146 Å². The Hall–Kier alpha value is -2.11. The van der Waals surface area contributed by atoms with E-state index < -0.39 is 0 Å². The molecule has 0 radical (unpaired) electrons. The van der Waals surface area contributed by atoms with Crippen molar-refractivity contribution in [1.82, 2.24) is 5.32 Å². The maximum absolute atomic E-state index is 12.8. The number of para-hydroxylation sites is 1. The summed E-state index contributed by atoms with van der Waals surface area (Å²) >= 11 is 0.967. The first-order valence-electron chi connectivity index (χ1n) is 8.10. The van der Waals surface area contributed by atoms with Gasteiger partial charge in [-0.1, -0.05) is 48.5 Å². The Kier molecular flexibility index (Phi) is 5.67. The van der Waals surface area contributed by atoms with Gasteiger partial charge in [-0.15, -0.1) is 0 Å². The summed E-state index contributed by atoms with van der Waals surface area (Å²) in [6.45, 7) is 1.82. The lowest BCUT2D eigenvalue weighted by atomic mass is 10.0. The molecule has 1 atom stereocenters. The molecule has 2 aromatic rings. The highest BCUT2D eigenvalue weighted by atomic mass is 32.2. The van der Waals surface area contributed by atoms with Crippen molar-refractivity contribution in [2.75, 3.05) is 17.4 Å². The molecule has 0 spiro atoms. The zero-order chi connectivity index (χ0) is 16.8. The van der Waals surface area contributed by atoms with Gasteiger partial charge >= 0.3 is 0 Å². The molecule has 124 valence electrons. The summed E-state index contributed by atoms with van der Waals surface area (Å²) in [5.41, 5.74) is 1.33. The van der Waals surface area contributed by atoms with Crippen LogP contribution in [0.15, 0.2) is 60.7 Å². The van der Waals surface area contributed by atoms with Crippen LogP contribution in [0.4, 0.5) is 5.69 Å². The summed E-state index contributed by atoms with van der Waals surface area (Å²) in [6.07, 6.45) is 1.46. The van der Waals surface area contributed by atoms with Gasteiger partial charge in [-0.05, 0) is 37.6 Å². The summed E-state index contributed by atoms with van der Waals surface area (Å²) in [6, 6.07) is 18.4. The average molecular weight is 340 g/mol. The maximum atomic E-state index is 12.8. The molecule has 1 amide bonds. The first-order valence-corrected chi connectivity index (χ1v) is 8.87. The molecule has 5 heteroatoms. The van der Waals surface area contributed by atoms with E-state index in [1.165, 1.54) is 4.31 Å². The molecule has 1 heterocycles. The minimum atomic E-state index is -0.127. The third-order valence-electron chi connectivity index (χ3n) is 4.03. The molecule has 1 aliphatic rings. The lowest BCUT2D eigenvalue weighted by Crippen LogP contribution is -2.28. The van der Waals surface area contributed by atoms with E-state index in [0.717, 1.165) is 37.1 Å². The van der Waals surface area contributed by atoms with E-state index in [-0.39, 0.29) is 11.0 Å². The van der Waals surface area contributed by atoms with E-state index in [1.807, 2.05) is 48.5 Å². The molecule has 0 aliphatic carbocycles. The summed E-state index contributed by atoms with van der Waals surface area (Å²) in [5, 5.41) is 3.15. The van der Waals surface area contributed by atoms with Gasteiger partial charge in [-0.2, -0.15) is 0 Å². The molecule has 0 bridgehead atoms. The van der Waals surface area contributed by atoms with Gasteiger partial charge in [0.1, 0.15) is 0 Å². The van der Waals surface area contributed by atoms with Gasteiger partial charge in [0.2, 0.25) is 11.0 Å². The highest BCUT2D eigenvalue weighted by Gasteiger charge is 2.25. The predicted molar refractivity (Wildman–Crippen MR) is 97.9 cm³/mol. The zero-order valence-corrected chi connectivity index (χ0v) is 14.2. The molecule has 1 fully saturated rings. The van der Waals surface area contributed by atoms with Crippen LogP contribution in [0.1, 0.15) is 23.2 Å². The fourth-order valence-electron chi connectivity index (χ4n) is 2.74. The molecule has 1 aliphatic heterocycles. The Balaban J connectivity index is 1.77. The van der Waals surface area contributed by atoms with E-state index in [4.69, 9.17) is 0 Å². The van der Waals surface area contributed by atoms with Gasteiger partial charge in [-0.25, -0.2) is 4.31 Å². The van der Waals surface area contributed by atoms with Crippen molar-refractivity contribution in [2.24, 2.45) is 5.92 Å². The molecular weight excluding hydrogens is 320 g/mol. The Morgan fingerprint density at radius 3 is 2.33 bits per heavy atom. The van der Waals surface area contributed by atoms with Gasteiger partial charge < -0.3 is 5.32 Å². The molecule has 24 heavy (non-hydrogen) atoms. The lowest BCUT2D eigenvalue weighted by Gasteiger charge is -2.22. The predicted octanol–water partition coefficient (Wildman–Crippen LogP) is 3.51. The molecule has 4 nitrogen and oxygen atoms in total. The number of carbonyl (C=O) groups is 2. The number of benzene rings is 2. The topological polar surface area (TPSA) is 49.4 Å². The van der Waals surface area contributed by atoms with Crippen LogP contribution in [0.5, 0.6) is 0 Å². The molecular formula is C19H20N2O2S. The van der Waals surface area contributed by atoms with Crippen LogP contribution in [0, 0.1) is 5.92 Å². The first kappa shape index (κ1) is 16.7. The standard InChI is InChI=1S/C19H20N2O2S/c22-18(13-15-11-12-20-14-15)21(17-9-5-2-6-10-17)24-19(23)16-7-3-1-4-8-16/h1-10,15,20H,11-14H2/t15-/m0/s1. The van der Waals surface area contributed by atoms with Crippen molar-refractivity contribution >= 4 is 28.7 Å². The minimum absolute atomic E-state index is 0.0239. The number of rotatable bonds is 4. The molecule has 0 unspecified atom stereocenters. The van der Waals surface area contributed by atoms with Crippen LogP contribution in [-0.2, 0) is 4.79 Å². The minimum Gasteiger partial charge on any atom is -0.316 e. The Morgan fingerprint density at radius 1 is 1.04 bits per heavy atom. The quantitative estimate of drug-likeness (QED) is 0.866.